The van der Waals surface area contributed by atoms with Crippen LogP contribution in [0.5, 0.6) is 5.75 Å². The number of nitrogens with one attached hydrogen (secondary N) is 2. The number of amides is 1. The molecule has 0 spiro atoms. The molecule has 0 fully saturated rings. The Kier molecular flexibility index (Phi) is 4.79. The highest BCUT2D eigenvalue weighted by molar-refractivity contribution is 7.21. The summed E-state index contributed by atoms with van der Waals surface area (Å²) >= 11 is 1.34. The molecule has 0 saturated heterocycles. The molecule has 0 unspecified atom stereocenters. The van der Waals surface area contributed by atoms with Crippen molar-refractivity contribution in [2.45, 2.75) is 13.5 Å². The molecule has 0 aliphatic heterocycles. The topological polar surface area (TPSA) is 79.9 Å². The fourth-order valence-corrected chi connectivity index (χ4v) is 4.00. The van der Waals surface area contributed by atoms with E-state index in [1.165, 1.54) is 23.5 Å². The Balaban J connectivity index is 1.47. The molecule has 2 N–H and O–H groups in total. The highest BCUT2D eigenvalue weighted by atomic mass is 32.1. The quantitative estimate of drug-likeness (QED) is 0.533. The average Bonchev–Trinajstić information content (AvgIpc) is 3.31. The molecule has 0 aliphatic carbocycles. The lowest BCUT2D eigenvalue weighted by Crippen LogP contribution is -2.23. The lowest BCUT2D eigenvalue weighted by molar-refractivity contribution is 0.0953. The first kappa shape index (κ1) is 18.1. The number of aromatic nitrogens is 3. The van der Waals surface area contributed by atoms with E-state index < -0.39 is 0 Å². The van der Waals surface area contributed by atoms with Crippen molar-refractivity contribution in [2.24, 2.45) is 0 Å². The minimum atomic E-state index is -0.312. The van der Waals surface area contributed by atoms with Gasteiger partial charge in [-0.1, -0.05) is 0 Å². The Morgan fingerprint density at radius 3 is 2.79 bits per heavy atom. The molecule has 4 aromatic rings. The van der Waals surface area contributed by atoms with Crippen LogP contribution in [0.15, 0.2) is 42.5 Å². The fourth-order valence-electron chi connectivity index (χ4n) is 2.90. The standard InChI is InChI=1S/C20H17FN4O2S/c1-11-15-9-13(21)5-8-16(15)28-18(11)20(26)22-10-17-23-19(25-24-17)12-3-6-14(27-2)7-4-12/h3-9H,10H2,1-2H3,(H,22,26)(H,23,24,25). The van der Waals surface area contributed by atoms with Crippen molar-refractivity contribution in [3.05, 3.63) is 64.5 Å². The maximum atomic E-state index is 13.5. The SMILES string of the molecule is COc1ccc(-c2n[nH]c(CNC(=O)c3sc4ccc(F)cc4c3C)n2)cc1. The van der Waals surface area contributed by atoms with Crippen molar-refractivity contribution >= 4 is 27.3 Å². The molecule has 0 aliphatic rings. The van der Waals surface area contributed by atoms with Gasteiger partial charge in [0.15, 0.2) is 5.82 Å². The minimum Gasteiger partial charge on any atom is -0.497 e. The number of hydrogen-bond acceptors (Lipinski definition) is 5. The molecule has 6 nitrogen and oxygen atoms in total. The summed E-state index contributed by atoms with van der Waals surface area (Å²) in [6, 6.07) is 11.9. The highest BCUT2D eigenvalue weighted by Crippen LogP contribution is 2.31. The summed E-state index contributed by atoms with van der Waals surface area (Å²) in [5.41, 5.74) is 1.62. The van der Waals surface area contributed by atoms with Crippen LogP contribution in [0.2, 0.25) is 0 Å². The fraction of sp³-hybridized carbons (Fsp3) is 0.150. The molecule has 8 heteroatoms. The van der Waals surface area contributed by atoms with Crippen LogP contribution in [0.1, 0.15) is 21.1 Å². The summed E-state index contributed by atoms with van der Waals surface area (Å²) in [6.45, 7) is 2.04. The third-order valence-electron chi connectivity index (χ3n) is 4.40. The number of aryl methyl sites for hydroxylation is 1. The van der Waals surface area contributed by atoms with Crippen LogP contribution in [-0.4, -0.2) is 28.2 Å². The van der Waals surface area contributed by atoms with E-state index in [1.807, 2.05) is 31.2 Å². The first-order chi connectivity index (χ1) is 13.5. The zero-order valence-electron chi connectivity index (χ0n) is 15.2. The third-order valence-corrected chi connectivity index (χ3v) is 5.67. The number of methoxy groups -OCH3 is 1. The molecule has 2 aromatic heterocycles. The molecule has 4 rings (SSSR count). The molecule has 0 atom stereocenters. The molecule has 28 heavy (non-hydrogen) atoms. The Morgan fingerprint density at radius 1 is 1.25 bits per heavy atom. The van der Waals surface area contributed by atoms with Gasteiger partial charge in [0.05, 0.1) is 18.5 Å². The normalized spacial score (nSPS) is 11.0. The average molecular weight is 396 g/mol. The van der Waals surface area contributed by atoms with Crippen molar-refractivity contribution in [3.63, 3.8) is 0 Å². The molecule has 2 heterocycles. The maximum absolute atomic E-state index is 13.5. The number of H-pyrrole nitrogens is 1. The Labute approximate surface area is 164 Å². The van der Waals surface area contributed by atoms with Crippen LogP contribution in [0.4, 0.5) is 4.39 Å². The van der Waals surface area contributed by atoms with Gasteiger partial charge in [-0.2, -0.15) is 5.10 Å². The maximum Gasteiger partial charge on any atom is 0.262 e. The molecule has 0 radical (unpaired) electrons. The number of aromatic amines is 1. The monoisotopic (exact) mass is 396 g/mol. The first-order valence-electron chi connectivity index (χ1n) is 8.57. The minimum absolute atomic E-state index is 0.212. The summed E-state index contributed by atoms with van der Waals surface area (Å²) in [6.07, 6.45) is 0. The first-order valence-corrected chi connectivity index (χ1v) is 9.39. The van der Waals surface area contributed by atoms with Crippen LogP contribution in [0.3, 0.4) is 0 Å². The summed E-state index contributed by atoms with van der Waals surface area (Å²) in [4.78, 5) is 17.5. The number of rotatable bonds is 5. The number of hydrogen-bond donors (Lipinski definition) is 2. The van der Waals surface area contributed by atoms with Gasteiger partial charge in [0.2, 0.25) is 0 Å². The molecule has 2 aromatic carbocycles. The Bertz CT molecular complexity index is 1150. The lowest BCUT2D eigenvalue weighted by Gasteiger charge is -2.02. The van der Waals surface area contributed by atoms with Crippen molar-refractivity contribution in [3.8, 4) is 17.1 Å². The summed E-state index contributed by atoms with van der Waals surface area (Å²) in [5, 5.41) is 10.6. The molecule has 0 bridgehead atoms. The van der Waals surface area contributed by atoms with E-state index in [-0.39, 0.29) is 18.3 Å². The Morgan fingerprint density at radius 2 is 2.04 bits per heavy atom. The van der Waals surface area contributed by atoms with Gasteiger partial charge in [0.1, 0.15) is 17.4 Å². The van der Waals surface area contributed by atoms with Crippen LogP contribution < -0.4 is 10.1 Å². The lowest BCUT2D eigenvalue weighted by atomic mass is 10.1. The number of carbonyl (C=O) groups is 1. The smallest absolute Gasteiger partial charge is 0.262 e. The number of carbonyl (C=O) groups excluding carboxylic acids is 1. The van der Waals surface area contributed by atoms with Crippen molar-refractivity contribution in [2.75, 3.05) is 7.11 Å². The number of benzene rings is 2. The van der Waals surface area contributed by atoms with E-state index in [4.69, 9.17) is 4.74 Å². The van der Waals surface area contributed by atoms with Crippen LogP contribution in [0, 0.1) is 12.7 Å². The van der Waals surface area contributed by atoms with Crippen LogP contribution in [0.25, 0.3) is 21.5 Å². The predicted molar refractivity (Wildman–Crippen MR) is 106 cm³/mol. The van der Waals surface area contributed by atoms with Crippen LogP contribution in [-0.2, 0) is 6.54 Å². The summed E-state index contributed by atoms with van der Waals surface area (Å²) in [5.74, 6) is 1.31. The number of ether oxygens (including phenoxy) is 1. The van der Waals surface area contributed by atoms with Crippen molar-refractivity contribution in [1.29, 1.82) is 0 Å². The van der Waals surface area contributed by atoms with Gasteiger partial charge in [-0.3, -0.25) is 9.89 Å². The molecule has 1 amide bonds. The Hall–Kier alpha value is -3.26. The van der Waals surface area contributed by atoms with Gasteiger partial charge < -0.3 is 10.1 Å². The number of thiophene rings is 1. The van der Waals surface area contributed by atoms with E-state index in [9.17, 15) is 9.18 Å². The summed E-state index contributed by atoms with van der Waals surface area (Å²) in [7, 11) is 1.61. The van der Waals surface area contributed by atoms with Gasteiger partial charge in [0, 0.05) is 10.3 Å². The zero-order valence-corrected chi connectivity index (χ0v) is 16.1. The van der Waals surface area contributed by atoms with Gasteiger partial charge >= 0.3 is 0 Å². The molecular formula is C20H17FN4O2S. The number of nitrogens with zero attached hydrogens (tertiary/aromatic N) is 2. The van der Waals surface area contributed by atoms with Crippen molar-refractivity contribution < 1.29 is 13.9 Å². The predicted octanol–water partition coefficient (Wildman–Crippen LogP) is 4.07. The van der Waals surface area contributed by atoms with Gasteiger partial charge in [0.25, 0.3) is 5.91 Å². The van der Waals surface area contributed by atoms with E-state index in [1.54, 1.807) is 13.2 Å². The van der Waals surface area contributed by atoms with Gasteiger partial charge in [-0.05, 0) is 60.3 Å². The summed E-state index contributed by atoms with van der Waals surface area (Å²) < 4.78 is 19.5. The van der Waals surface area contributed by atoms with E-state index in [0.717, 1.165) is 27.0 Å². The van der Waals surface area contributed by atoms with Gasteiger partial charge in [-0.15, -0.1) is 11.3 Å². The largest absolute Gasteiger partial charge is 0.497 e. The van der Waals surface area contributed by atoms with E-state index in [2.05, 4.69) is 20.5 Å². The molecule has 142 valence electrons. The molecular weight excluding hydrogens is 379 g/mol. The second-order valence-corrected chi connectivity index (χ2v) is 7.27. The second-order valence-electron chi connectivity index (χ2n) is 6.21. The zero-order chi connectivity index (χ0) is 19.7. The van der Waals surface area contributed by atoms with E-state index >= 15 is 0 Å². The van der Waals surface area contributed by atoms with Crippen LogP contribution >= 0.6 is 11.3 Å². The third kappa shape index (κ3) is 3.46. The number of halogens is 1. The van der Waals surface area contributed by atoms with Crippen molar-refractivity contribution in [1.82, 2.24) is 20.5 Å². The number of fused-ring (bicyclic) bond motifs is 1. The molecule has 0 saturated carbocycles. The highest BCUT2D eigenvalue weighted by Gasteiger charge is 2.16. The van der Waals surface area contributed by atoms with E-state index in [0.29, 0.717) is 16.5 Å². The second kappa shape index (κ2) is 7.40. The van der Waals surface area contributed by atoms with Gasteiger partial charge in [-0.25, -0.2) is 9.37 Å².